The first kappa shape index (κ1) is 25.0. The van der Waals surface area contributed by atoms with Crippen LogP contribution in [0.25, 0.3) is 21.7 Å². The molecule has 1 aromatic carbocycles. The van der Waals surface area contributed by atoms with Crippen molar-refractivity contribution in [1.82, 2.24) is 14.6 Å². The van der Waals surface area contributed by atoms with Crippen LogP contribution < -0.4 is 10.4 Å². The maximum absolute atomic E-state index is 13.1. The van der Waals surface area contributed by atoms with Crippen molar-refractivity contribution in [1.29, 1.82) is 5.26 Å². The summed E-state index contributed by atoms with van der Waals surface area (Å²) in [6, 6.07) is 6.94. The van der Waals surface area contributed by atoms with Crippen molar-refractivity contribution >= 4 is 27.8 Å². The third-order valence-corrected chi connectivity index (χ3v) is 5.51. The SMILES string of the molecule is Cc1nccc2c1c(=O)n(C)c1cc(ON(C(=O)OC(C)(C)C)C(C)CC(C)C)c(C#N)cc21. The van der Waals surface area contributed by atoms with Gasteiger partial charge in [-0.1, -0.05) is 13.8 Å². The van der Waals surface area contributed by atoms with Crippen LogP contribution in [0.5, 0.6) is 5.75 Å². The average Bonchev–Trinajstić information content (AvgIpc) is 2.73. The van der Waals surface area contributed by atoms with E-state index in [9.17, 15) is 14.9 Å². The molecule has 0 radical (unpaired) electrons. The molecule has 34 heavy (non-hydrogen) atoms. The summed E-state index contributed by atoms with van der Waals surface area (Å²) >= 11 is 0. The predicted molar refractivity (Wildman–Crippen MR) is 132 cm³/mol. The lowest BCUT2D eigenvalue weighted by atomic mass is 10.0. The highest BCUT2D eigenvalue weighted by atomic mass is 16.7. The van der Waals surface area contributed by atoms with Gasteiger partial charge in [-0.2, -0.15) is 5.26 Å². The smallest absolute Gasteiger partial charge is 0.442 e. The molecule has 0 saturated carbocycles. The molecule has 180 valence electrons. The standard InChI is InChI=1S/C26H32N4O4/c1-15(2)11-16(3)30(25(32)33-26(5,6)7)34-22-13-21-20(12-18(22)14-27)19-9-10-28-17(4)23(19)24(31)29(21)8/h9-10,12-13,15-16H,11H2,1-8H3. The first-order chi connectivity index (χ1) is 15.8. The summed E-state index contributed by atoms with van der Waals surface area (Å²) in [5.41, 5.74) is 0.537. The molecule has 0 aliphatic carbocycles. The van der Waals surface area contributed by atoms with Gasteiger partial charge >= 0.3 is 6.09 Å². The average molecular weight is 465 g/mol. The van der Waals surface area contributed by atoms with Gasteiger partial charge < -0.3 is 14.1 Å². The van der Waals surface area contributed by atoms with Crippen LogP contribution in [0, 0.1) is 24.2 Å². The molecule has 1 amide bonds. The summed E-state index contributed by atoms with van der Waals surface area (Å²) in [5, 5.41) is 13.0. The molecule has 8 heteroatoms. The number of aryl methyl sites for hydroxylation is 2. The molecule has 2 aromatic heterocycles. The summed E-state index contributed by atoms with van der Waals surface area (Å²) in [7, 11) is 1.67. The quantitative estimate of drug-likeness (QED) is 0.379. The number of fused-ring (bicyclic) bond motifs is 3. The van der Waals surface area contributed by atoms with Crippen molar-refractivity contribution in [3.63, 3.8) is 0 Å². The molecule has 0 fully saturated rings. The lowest BCUT2D eigenvalue weighted by Gasteiger charge is -2.31. The van der Waals surface area contributed by atoms with E-state index in [1.165, 1.54) is 9.63 Å². The third kappa shape index (κ3) is 4.98. The number of hydrogen-bond acceptors (Lipinski definition) is 6. The van der Waals surface area contributed by atoms with E-state index in [4.69, 9.17) is 9.57 Å². The second-order valence-electron chi connectivity index (χ2n) is 10.0. The number of nitrogens with zero attached hydrogens (tertiary/aromatic N) is 4. The summed E-state index contributed by atoms with van der Waals surface area (Å²) in [6.45, 7) is 13.1. The lowest BCUT2D eigenvalue weighted by Crippen LogP contribution is -2.45. The highest BCUT2D eigenvalue weighted by Crippen LogP contribution is 2.31. The highest BCUT2D eigenvalue weighted by molar-refractivity contribution is 6.07. The van der Waals surface area contributed by atoms with Crippen LogP contribution in [-0.4, -0.2) is 32.4 Å². The Hall–Kier alpha value is -3.60. The fourth-order valence-corrected chi connectivity index (χ4v) is 4.06. The van der Waals surface area contributed by atoms with Gasteiger partial charge in [0.15, 0.2) is 5.75 Å². The normalized spacial score (nSPS) is 12.6. The van der Waals surface area contributed by atoms with Gasteiger partial charge in [0.1, 0.15) is 11.7 Å². The van der Waals surface area contributed by atoms with Gasteiger partial charge in [0.2, 0.25) is 0 Å². The van der Waals surface area contributed by atoms with Crippen molar-refractivity contribution in [2.24, 2.45) is 13.0 Å². The highest BCUT2D eigenvalue weighted by Gasteiger charge is 2.30. The summed E-state index contributed by atoms with van der Waals surface area (Å²) in [4.78, 5) is 36.4. The van der Waals surface area contributed by atoms with E-state index in [2.05, 4.69) is 24.9 Å². The van der Waals surface area contributed by atoms with E-state index in [0.29, 0.717) is 34.3 Å². The number of amides is 1. The summed E-state index contributed by atoms with van der Waals surface area (Å²) < 4.78 is 7.08. The van der Waals surface area contributed by atoms with Crippen LogP contribution in [0.3, 0.4) is 0 Å². The fourth-order valence-electron chi connectivity index (χ4n) is 4.06. The van der Waals surface area contributed by atoms with E-state index < -0.39 is 11.7 Å². The molecule has 0 bridgehead atoms. The number of rotatable bonds is 5. The molecule has 0 saturated heterocycles. The van der Waals surface area contributed by atoms with Gasteiger partial charge in [0, 0.05) is 24.7 Å². The van der Waals surface area contributed by atoms with Crippen LogP contribution in [0.4, 0.5) is 4.79 Å². The Bertz CT molecular complexity index is 1350. The van der Waals surface area contributed by atoms with Crippen molar-refractivity contribution in [3.8, 4) is 11.8 Å². The number of carbonyl (C=O) groups is 1. The minimum atomic E-state index is -0.716. The van der Waals surface area contributed by atoms with Crippen LogP contribution in [0.15, 0.2) is 29.2 Å². The first-order valence-electron chi connectivity index (χ1n) is 11.4. The molecular formula is C26H32N4O4. The van der Waals surface area contributed by atoms with Crippen molar-refractivity contribution in [3.05, 3.63) is 46.0 Å². The molecule has 8 nitrogen and oxygen atoms in total. The molecule has 3 rings (SSSR count). The van der Waals surface area contributed by atoms with Crippen molar-refractivity contribution < 1.29 is 14.4 Å². The minimum Gasteiger partial charge on any atom is -0.442 e. The Labute approximate surface area is 199 Å². The number of benzene rings is 1. The monoisotopic (exact) mass is 464 g/mol. The summed E-state index contributed by atoms with van der Waals surface area (Å²) in [6.07, 6.45) is 1.67. The van der Waals surface area contributed by atoms with Crippen LogP contribution in [0.1, 0.15) is 59.2 Å². The molecule has 1 atom stereocenters. The van der Waals surface area contributed by atoms with Gasteiger partial charge in [-0.15, -0.1) is 5.06 Å². The molecule has 0 aliphatic heterocycles. The number of ether oxygens (including phenoxy) is 1. The van der Waals surface area contributed by atoms with Gasteiger partial charge in [-0.3, -0.25) is 9.78 Å². The molecule has 0 spiro atoms. The van der Waals surface area contributed by atoms with Gasteiger partial charge in [0.05, 0.1) is 28.2 Å². The summed E-state index contributed by atoms with van der Waals surface area (Å²) in [5.74, 6) is 0.483. The number of pyridine rings is 2. The largest absolute Gasteiger partial charge is 0.443 e. The van der Waals surface area contributed by atoms with E-state index in [-0.39, 0.29) is 22.9 Å². The Balaban J connectivity index is 2.19. The molecule has 0 aliphatic rings. The molecule has 0 N–H and O–H groups in total. The van der Waals surface area contributed by atoms with Crippen molar-refractivity contribution in [2.75, 3.05) is 0 Å². The van der Waals surface area contributed by atoms with Crippen LogP contribution in [0.2, 0.25) is 0 Å². The number of nitriles is 1. The number of hydrogen-bond donors (Lipinski definition) is 0. The van der Waals surface area contributed by atoms with Gasteiger partial charge in [-0.25, -0.2) is 4.79 Å². The Kier molecular flexibility index (Phi) is 6.87. The number of aromatic nitrogens is 2. The van der Waals surface area contributed by atoms with Crippen LogP contribution in [-0.2, 0) is 11.8 Å². The topological polar surface area (TPSA) is 97.5 Å². The maximum atomic E-state index is 13.1. The maximum Gasteiger partial charge on any atom is 0.443 e. The Morgan fingerprint density at radius 3 is 2.50 bits per heavy atom. The zero-order valence-electron chi connectivity index (χ0n) is 21.1. The van der Waals surface area contributed by atoms with E-state index in [1.54, 1.807) is 59.1 Å². The van der Waals surface area contributed by atoms with E-state index >= 15 is 0 Å². The molecule has 2 heterocycles. The minimum absolute atomic E-state index is 0.177. The molecule has 3 aromatic rings. The van der Waals surface area contributed by atoms with E-state index in [1.807, 2.05) is 6.92 Å². The second kappa shape index (κ2) is 9.34. The zero-order chi connectivity index (χ0) is 25.4. The van der Waals surface area contributed by atoms with Gasteiger partial charge in [-0.05, 0) is 64.5 Å². The number of hydroxylamine groups is 2. The van der Waals surface area contributed by atoms with Crippen LogP contribution >= 0.6 is 0 Å². The lowest BCUT2D eigenvalue weighted by molar-refractivity contribution is -0.0967. The Morgan fingerprint density at radius 1 is 1.24 bits per heavy atom. The number of carbonyl (C=O) groups excluding carboxylic acids is 1. The fraction of sp³-hybridized carbons (Fsp3) is 0.462. The zero-order valence-corrected chi connectivity index (χ0v) is 21.1. The second-order valence-corrected chi connectivity index (χ2v) is 10.0. The predicted octanol–water partition coefficient (Wildman–Crippen LogP) is 5.23. The third-order valence-electron chi connectivity index (χ3n) is 5.51. The van der Waals surface area contributed by atoms with Crippen molar-refractivity contribution in [2.45, 2.75) is 66.5 Å². The molecule has 1 unspecified atom stereocenters. The first-order valence-corrected chi connectivity index (χ1v) is 11.4. The van der Waals surface area contributed by atoms with E-state index in [0.717, 1.165) is 5.39 Å². The Morgan fingerprint density at radius 2 is 1.91 bits per heavy atom. The molecular weight excluding hydrogens is 432 g/mol. The van der Waals surface area contributed by atoms with Gasteiger partial charge in [0.25, 0.3) is 5.56 Å².